The van der Waals surface area contributed by atoms with E-state index in [1.165, 1.54) is 12.1 Å². The topological polar surface area (TPSA) is 92.5 Å². The highest BCUT2D eigenvalue weighted by atomic mass is 35.5. The molecule has 0 saturated heterocycles. The van der Waals surface area contributed by atoms with E-state index in [4.69, 9.17) is 11.6 Å². The van der Waals surface area contributed by atoms with Crippen molar-refractivity contribution in [2.45, 2.75) is 6.04 Å². The minimum atomic E-state index is -0.621. The Labute approximate surface area is 131 Å². The van der Waals surface area contributed by atoms with Crippen molar-refractivity contribution in [3.05, 3.63) is 74.8 Å². The number of nitrogens with one attached hydrogen (secondary N) is 1. The van der Waals surface area contributed by atoms with Crippen molar-refractivity contribution in [2.24, 2.45) is 0 Å². The molecule has 22 heavy (non-hydrogen) atoms. The molecule has 0 unspecified atom stereocenters. The number of aliphatic hydroxyl groups excluding tert-OH is 1. The molecule has 0 radical (unpaired) electrons. The highest BCUT2D eigenvalue weighted by Gasteiger charge is 2.19. The molecule has 2 aromatic rings. The normalized spacial score (nSPS) is 11.7. The van der Waals surface area contributed by atoms with Crippen LogP contribution in [0.5, 0.6) is 0 Å². The third-order valence-corrected chi connectivity index (χ3v) is 3.42. The maximum absolute atomic E-state index is 12.3. The van der Waals surface area contributed by atoms with Gasteiger partial charge < -0.3 is 10.4 Å². The van der Waals surface area contributed by atoms with Gasteiger partial charge in [-0.1, -0.05) is 41.9 Å². The van der Waals surface area contributed by atoms with Crippen LogP contribution in [0.15, 0.2) is 48.5 Å². The van der Waals surface area contributed by atoms with Crippen molar-refractivity contribution in [1.29, 1.82) is 0 Å². The molecule has 0 aromatic heterocycles. The standard InChI is InChI=1S/C15H13ClN2O4/c16-13-7-6-11(18(21)22)8-12(13)15(20)17-14(9-19)10-4-2-1-3-5-10/h1-8,14,19H,9H2,(H,17,20)/t14-/m1/s1. The van der Waals surface area contributed by atoms with Gasteiger partial charge in [0.05, 0.1) is 28.2 Å². The number of carbonyl (C=O) groups excluding carboxylic acids is 1. The van der Waals surface area contributed by atoms with Crippen LogP contribution in [-0.4, -0.2) is 22.5 Å². The number of hydrogen-bond donors (Lipinski definition) is 2. The van der Waals surface area contributed by atoms with Gasteiger partial charge in [-0.15, -0.1) is 0 Å². The minimum Gasteiger partial charge on any atom is -0.394 e. The Kier molecular flexibility index (Phi) is 5.08. The van der Waals surface area contributed by atoms with Crippen LogP contribution in [0.1, 0.15) is 22.0 Å². The molecule has 1 amide bonds. The number of carbonyl (C=O) groups is 1. The lowest BCUT2D eigenvalue weighted by Gasteiger charge is -2.17. The summed E-state index contributed by atoms with van der Waals surface area (Å²) in [4.78, 5) is 22.4. The average molecular weight is 321 g/mol. The van der Waals surface area contributed by atoms with Gasteiger partial charge in [-0.2, -0.15) is 0 Å². The third-order valence-electron chi connectivity index (χ3n) is 3.10. The quantitative estimate of drug-likeness (QED) is 0.654. The van der Waals surface area contributed by atoms with E-state index in [-0.39, 0.29) is 22.9 Å². The van der Waals surface area contributed by atoms with Crippen molar-refractivity contribution in [3.8, 4) is 0 Å². The van der Waals surface area contributed by atoms with Crippen molar-refractivity contribution in [1.82, 2.24) is 5.32 Å². The van der Waals surface area contributed by atoms with Gasteiger partial charge in [-0.25, -0.2) is 0 Å². The van der Waals surface area contributed by atoms with Gasteiger partial charge in [0.1, 0.15) is 0 Å². The van der Waals surface area contributed by atoms with E-state index in [1.54, 1.807) is 24.3 Å². The summed E-state index contributed by atoms with van der Waals surface area (Å²) in [6.45, 7) is -0.303. The summed E-state index contributed by atoms with van der Waals surface area (Å²) in [6, 6.07) is 11.9. The fraction of sp³-hybridized carbons (Fsp3) is 0.133. The molecule has 0 bridgehead atoms. The zero-order chi connectivity index (χ0) is 16.1. The lowest BCUT2D eigenvalue weighted by molar-refractivity contribution is -0.384. The summed E-state index contributed by atoms with van der Waals surface area (Å²) in [7, 11) is 0. The Morgan fingerprint density at radius 1 is 1.27 bits per heavy atom. The highest BCUT2D eigenvalue weighted by molar-refractivity contribution is 6.33. The maximum Gasteiger partial charge on any atom is 0.270 e. The molecule has 0 aliphatic heterocycles. The van der Waals surface area contributed by atoms with Gasteiger partial charge in [0.2, 0.25) is 0 Å². The van der Waals surface area contributed by atoms with Crippen LogP contribution in [0.3, 0.4) is 0 Å². The van der Waals surface area contributed by atoms with Gasteiger partial charge >= 0.3 is 0 Å². The van der Waals surface area contributed by atoms with E-state index in [2.05, 4.69) is 5.32 Å². The summed E-state index contributed by atoms with van der Waals surface area (Å²) < 4.78 is 0. The first-order valence-corrected chi connectivity index (χ1v) is 6.81. The maximum atomic E-state index is 12.3. The zero-order valence-corrected chi connectivity index (χ0v) is 12.2. The summed E-state index contributed by atoms with van der Waals surface area (Å²) in [5, 5.41) is 22.9. The number of nitrogens with zero attached hydrogens (tertiary/aromatic N) is 1. The number of hydrogen-bond acceptors (Lipinski definition) is 4. The van der Waals surface area contributed by atoms with Gasteiger partial charge in [-0.3, -0.25) is 14.9 Å². The largest absolute Gasteiger partial charge is 0.394 e. The molecule has 7 heteroatoms. The molecule has 0 fully saturated rings. The van der Waals surface area contributed by atoms with Crippen LogP contribution in [0.4, 0.5) is 5.69 Å². The monoisotopic (exact) mass is 320 g/mol. The molecule has 6 nitrogen and oxygen atoms in total. The van der Waals surface area contributed by atoms with E-state index < -0.39 is 16.9 Å². The van der Waals surface area contributed by atoms with Crippen LogP contribution in [0.25, 0.3) is 0 Å². The van der Waals surface area contributed by atoms with E-state index in [9.17, 15) is 20.0 Å². The van der Waals surface area contributed by atoms with Crippen molar-refractivity contribution in [3.63, 3.8) is 0 Å². The third kappa shape index (κ3) is 3.60. The lowest BCUT2D eigenvalue weighted by atomic mass is 10.1. The van der Waals surface area contributed by atoms with Gasteiger partial charge in [0.15, 0.2) is 0 Å². The zero-order valence-electron chi connectivity index (χ0n) is 11.4. The number of benzene rings is 2. The number of amides is 1. The smallest absolute Gasteiger partial charge is 0.270 e. The summed E-state index contributed by atoms with van der Waals surface area (Å²) >= 11 is 5.92. The molecular formula is C15H13ClN2O4. The van der Waals surface area contributed by atoms with Gasteiger partial charge in [0.25, 0.3) is 11.6 Å². The first kappa shape index (κ1) is 15.9. The predicted molar refractivity (Wildman–Crippen MR) is 81.8 cm³/mol. The molecule has 0 aliphatic rings. The first-order valence-electron chi connectivity index (χ1n) is 6.43. The Morgan fingerprint density at radius 2 is 1.95 bits per heavy atom. The fourth-order valence-corrected chi connectivity index (χ4v) is 2.16. The Morgan fingerprint density at radius 3 is 2.55 bits per heavy atom. The number of halogens is 1. The van der Waals surface area contributed by atoms with Crippen molar-refractivity contribution < 1.29 is 14.8 Å². The molecule has 0 heterocycles. The Bertz CT molecular complexity index is 691. The number of rotatable bonds is 5. The van der Waals surface area contributed by atoms with Crippen LogP contribution >= 0.6 is 11.6 Å². The van der Waals surface area contributed by atoms with E-state index >= 15 is 0 Å². The molecule has 0 spiro atoms. The van der Waals surface area contributed by atoms with Crippen LogP contribution in [0, 0.1) is 10.1 Å². The summed E-state index contributed by atoms with van der Waals surface area (Å²) in [5.74, 6) is -0.586. The Hall–Kier alpha value is -2.44. The molecule has 2 N–H and O–H groups in total. The molecule has 2 rings (SSSR count). The molecule has 0 aliphatic carbocycles. The Balaban J connectivity index is 2.24. The van der Waals surface area contributed by atoms with E-state index in [0.717, 1.165) is 11.6 Å². The summed E-state index contributed by atoms with van der Waals surface area (Å²) in [6.07, 6.45) is 0. The van der Waals surface area contributed by atoms with E-state index in [1.807, 2.05) is 6.07 Å². The first-order chi connectivity index (χ1) is 10.5. The van der Waals surface area contributed by atoms with Crippen LogP contribution < -0.4 is 5.32 Å². The molecular weight excluding hydrogens is 308 g/mol. The second-order valence-electron chi connectivity index (χ2n) is 4.54. The second kappa shape index (κ2) is 7.02. The number of nitro benzene ring substituents is 1. The van der Waals surface area contributed by atoms with Gasteiger partial charge in [0, 0.05) is 12.1 Å². The lowest BCUT2D eigenvalue weighted by Crippen LogP contribution is -2.31. The van der Waals surface area contributed by atoms with Crippen LogP contribution in [-0.2, 0) is 0 Å². The molecule has 114 valence electrons. The number of nitro groups is 1. The minimum absolute atomic E-state index is 0.00903. The van der Waals surface area contributed by atoms with Crippen molar-refractivity contribution in [2.75, 3.05) is 6.61 Å². The van der Waals surface area contributed by atoms with Crippen molar-refractivity contribution >= 4 is 23.2 Å². The molecule has 1 atom stereocenters. The van der Waals surface area contributed by atoms with Gasteiger partial charge in [-0.05, 0) is 11.6 Å². The number of non-ortho nitro benzene ring substituents is 1. The summed E-state index contributed by atoms with van der Waals surface area (Å²) in [5.41, 5.74) is 0.486. The second-order valence-corrected chi connectivity index (χ2v) is 4.95. The fourth-order valence-electron chi connectivity index (χ4n) is 1.96. The average Bonchev–Trinajstić information content (AvgIpc) is 2.53. The SMILES string of the molecule is O=C(N[C@H](CO)c1ccccc1)c1cc([N+](=O)[O-])ccc1Cl. The van der Waals surface area contributed by atoms with E-state index in [0.29, 0.717) is 0 Å². The molecule has 0 saturated carbocycles. The predicted octanol–water partition coefficient (Wildman–Crippen LogP) is 2.71. The highest BCUT2D eigenvalue weighted by Crippen LogP contribution is 2.23. The number of aliphatic hydroxyl groups is 1. The molecule has 2 aromatic carbocycles. The van der Waals surface area contributed by atoms with Crippen LogP contribution in [0.2, 0.25) is 5.02 Å².